The molecule has 0 spiro atoms. The van der Waals surface area contributed by atoms with E-state index in [0.29, 0.717) is 22.2 Å². The van der Waals surface area contributed by atoms with Gasteiger partial charge in [-0.25, -0.2) is 0 Å². The van der Waals surface area contributed by atoms with Gasteiger partial charge in [0.2, 0.25) is 0 Å². The van der Waals surface area contributed by atoms with Crippen LogP contribution in [0.25, 0.3) is 0 Å². The molecule has 0 amide bonds. The van der Waals surface area contributed by atoms with Crippen LogP contribution >= 0.6 is 23.2 Å². The average Bonchev–Trinajstić information content (AvgIpc) is 2.22. The van der Waals surface area contributed by atoms with Crippen LogP contribution in [-0.4, -0.2) is 12.6 Å². The number of carbonyl (C=O) groups excluding carboxylic acids is 1. The van der Waals surface area contributed by atoms with Gasteiger partial charge in [-0.15, -0.1) is 0 Å². The molecular weight excluding hydrogens is 247 g/mol. The summed E-state index contributed by atoms with van der Waals surface area (Å²) in [6.45, 7) is 5.65. The van der Waals surface area contributed by atoms with Crippen molar-refractivity contribution in [1.29, 1.82) is 0 Å². The molecule has 0 radical (unpaired) electrons. The second-order valence-electron chi connectivity index (χ2n) is 3.97. The number of hydrogen-bond acceptors (Lipinski definition) is 2. The SMILES string of the molecule is CCOC(=O)C(C)(C)c1cc(Cl)ccc1Cl. The minimum absolute atomic E-state index is 0.306. The molecular formula is C12H14Cl2O2. The van der Waals surface area contributed by atoms with Crippen molar-refractivity contribution in [3.8, 4) is 0 Å². The first-order valence-corrected chi connectivity index (χ1v) is 5.78. The number of carbonyl (C=O) groups is 1. The predicted molar refractivity (Wildman–Crippen MR) is 66.1 cm³/mol. The van der Waals surface area contributed by atoms with Crippen molar-refractivity contribution in [3.05, 3.63) is 33.8 Å². The van der Waals surface area contributed by atoms with Crippen molar-refractivity contribution in [2.75, 3.05) is 6.61 Å². The maximum atomic E-state index is 11.8. The number of hydrogen-bond donors (Lipinski definition) is 0. The summed E-state index contributed by atoms with van der Waals surface area (Å²) in [4.78, 5) is 11.8. The van der Waals surface area contributed by atoms with Crippen LogP contribution in [0.2, 0.25) is 10.0 Å². The highest BCUT2D eigenvalue weighted by Crippen LogP contribution is 2.33. The Bertz CT molecular complexity index is 400. The van der Waals surface area contributed by atoms with Gasteiger partial charge in [0, 0.05) is 10.0 Å². The highest BCUT2D eigenvalue weighted by atomic mass is 35.5. The molecule has 88 valence electrons. The van der Waals surface area contributed by atoms with Gasteiger partial charge in [0.1, 0.15) is 0 Å². The summed E-state index contributed by atoms with van der Waals surface area (Å²) in [5, 5.41) is 1.07. The fourth-order valence-electron chi connectivity index (χ4n) is 1.40. The molecule has 0 aliphatic carbocycles. The number of halogens is 2. The molecule has 0 saturated carbocycles. The summed E-state index contributed by atoms with van der Waals surface area (Å²) in [5.74, 6) is -0.306. The van der Waals surface area contributed by atoms with Crippen LogP contribution in [0.4, 0.5) is 0 Å². The minimum atomic E-state index is -0.794. The van der Waals surface area contributed by atoms with Crippen molar-refractivity contribution in [3.63, 3.8) is 0 Å². The van der Waals surface area contributed by atoms with Gasteiger partial charge in [-0.3, -0.25) is 4.79 Å². The second kappa shape index (κ2) is 5.07. The summed E-state index contributed by atoms with van der Waals surface area (Å²) < 4.78 is 5.02. The van der Waals surface area contributed by atoms with Gasteiger partial charge in [0.15, 0.2) is 0 Å². The number of rotatable bonds is 3. The standard InChI is InChI=1S/C12H14Cl2O2/c1-4-16-11(15)12(2,3)9-7-8(13)5-6-10(9)14/h5-7H,4H2,1-3H3. The van der Waals surface area contributed by atoms with Crippen molar-refractivity contribution in [2.45, 2.75) is 26.2 Å². The maximum Gasteiger partial charge on any atom is 0.316 e. The molecule has 1 aromatic rings. The van der Waals surface area contributed by atoms with Crippen LogP contribution in [0.3, 0.4) is 0 Å². The van der Waals surface area contributed by atoms with Gasteiger partial charge < -0.3 is 4.74 Å². The molecule has 1 rings (SSSR count). The lowest BCUT2D eigenvalue weighted by atomic mass is 9.85. The normalized spacial score (nSPS) is 11.3. The molecule has 0 bridgehead atoms. The molecule has 4 heteroatoms. The lowest BCUT2D eigenvalue weighted by molar-refractivity contribution is -0.148. The lowest BCUT2D eigenvalue weighted by Gasteiger charge is -2.24. The first-order valence-electron chi connectivity index (χ1n) is 5.02. The Labute approximate surface area is 106 Å². The van der Waals surface area contributed by atoms with E-state index in [1.165, 1.54) is 0 Å². The summed E-state index contributed by atoms with van der Waals surface area (Å²) in [5.41, 5.74) is -0.113. The highest BCUT2D eigenvalue weighted by Gasteiger charge is 2.33. The maximum absolute atomic E-state index is 11.8. The zero-order valence-electron chi connectivity index (χ0n) is 9.51. The van der Waals surface area contributed by atoms with Crippen molar-refractivity contribution < 1.29 is 9.53 Å². The molecule has 0 atom stereocenters. The van der Waals surface area contributed by atoms with Crippen LogP contribution in [0.5, 0.6) is 0 Å². The first kappa shape index (κ1) is 13.3. The van der Waals surface area contributed by atoms with E-state index in [2.05, 4.69) is 0 Å². The number of ether oxygens (including phenoxy) is 1. The monoisotopic (exact) mass is 260 g/mol. The number of benzene rings is 1. The van der Waals surface area contributed by atoms with E-state index in [-0.39, 0.29) is 5.97 Å². The quantitative estimate of drug-likeness (QED) is 0.773. The Hall–Kier alpha value is -0.730. The molecule has 0 aliphatic heterocycles. The average molecular weight is 261 g/mol. The van der Waals surface area contributed by atoms with Gasteiger partial charge in [-0.1, -0.05) is 23.2 Å². The van der Waals surface area contributed by atoms with E-state index in [1.54, 1.807) is 39.0 Å². The molecule has 0 aliphatic rings. The Morgan fingerprint density at radius 3 is 2.56 bits per heavy atom. The Morgan fingerprint density at radius 2 is 2.00 bits per heavy atom. The van der Waals surface area contributed by atoms with E-state index >= 15 is 0 Å². The fourth-order valence-corrected chi connectivity index (χ4v) is 1.92. The van der Waals surface area contributed by atoms with E-state index in [4.69, 9.17) is 27.9 Å². The summed E-state index contributed by atoms with van der Waals surface area (Å²) in [6, 6.07) is 5.07. The van der Waals surface area contributed by atoms with Gasteiger partial charge >= 0.3 is 5.97 Å². The van der Waals surface area contributed by atoms with Crippen LogP contribution in [-0.2, 0) is 14.9 Å². The van der Waals surface area contributed by atoms with E-state index in [1.807, 2.05) is 0 Å². The van der Waals surface area contributed by atoms with E-state index in [9.17, 15) is 4.79 Å². The molecule has 0 unspecified atom stereocenters. The Kier molecular flexibility index (Phi) is 4.22. The third-order valence-corrected chi connectivity index (χ3v) is 2.95. The Morgan fingerprint density at radius 1 is 1.38 bits per heavy atom. The predicted octanol–water partition coefficient (Wildman–Crippen LogP) is 3.83. The van der Waals surface area contributed by atoms with E-state index in [0.717, 1.165) is 0 Å². The largest absolute Gasteiger partial charge is 0.465 e. The molecule has 0 saturated heterocycles. The zero-order chi connectivity index (χ0) is 12.3. The van der Waals surface area contributed by atoms with Crippen LogP contribution in [0, 0.1) is 0 Å². The second-order valence-corrected chi connectivity index (χ2v) is 4.81. The van der Waals surface area contributed by atoms with E-state index < -0.39 is 5.41 Å². The Balaban J connectivity index is 3.15. The molecule has 1 aromatic carbocycles. The van der Waals surface area contributed by atoms with Gasteiger partial charge in [-0.2, -0.15) is 0 Å². The van der Waals surface area contributed by atoms with Crippen LogP contribution in [0.15, 0.2) is 18.2 Å². The first-order chi connectivity index (χ1) is 7.39. The molecule has 0 fully saturated rings. The van der Waals surface area contributed by atoms with Gasteiger partial charge in [0.25, 0.3) is 0 Å². The van der Waals surface area contributed by atoms with Gasteiger partial charge in [-0.05, 0) is 44.5 Å². The molecule has 0 N–H and O–H groups in total. The molecule has 16 heavy (non-hydrogen) atoms. The third-order valence-electron chi connectivity index (χ3n) is 2.39. The topological polar surface area (TPSA) is 26.3 Å². The van der Waals surface area contributed by atoms with Crippen LogP contribution < -0.4 is 0 Å². The summed E-state index contributed by atoms with van der Waals surface area (Å²) in [6.07, 6.45) is 0. The summed E-state index contributed by atoms with van der Waals surface area (Å²) in [7, 11) is 0. The molecule has 0 heterocycles. The van der Waals surface area contributed by atoms with Crippen molar-refractivity contribution in [2.24, 2.45) is 0 Å². The molecule has 2 nitrogen and oxygen atoms in total. The smallest absolute Gasteiger partial charge is 0.316 e. The van der Waals surface area contributed by atoms with Gasteiger partial charge in [0.05, 0.1) is 12.0 Å². The number of esters is 1. The fraction of sp³-hybridized carbons (Fsp3) is 0.417. The van der Waals surface area contributed by atoms with Crippen LogP contribution in [0.1, 0.15) is 26.3 Å². The lowest BCUT2D eigenvalue weighted by Crippen LogP contribution is -2.31. The summed E-state index contributed by atoms with van der Waals surface area (Å²) >= 11 is 12.0. The highest BCUT2D eigenvalue weighted by molar-refractivity contribution is 6.33. The minimum Gasteiger partial charge on any atom is -0.465 e. The van der Waals surface area contributed by atoms with Crippen molar-refractivity contribution in [1.82, 2.24) is 0 Å². The molecule has 0 aromatic heterocycles. The zero-order valence-corrected chi connectivity index (χ0v) is 11.0. The van der Waals surface area contributed by atoms with Crippen molar-refractivity contribution >= 4 is 29.2 Å². The third kappa shape index (κ3) is 2.69.